The maximum atomic E-state index is 12.4. The maximum absolute atomic E-state index is 12.4. The molecule has 0 unspecified atom stereocenters. The zero-order valence-electron chi connectivity index (χ0n) is 15.0. The molecule has 6 heteroatoms. The monoisotopic (exact) mass is 351 g/mol. The molecule has 134 valence electrons. The van der Waals surface area contributed by atoms with Crippen molar-refractivity contribution >= 4 is 11.6 Å². The Morgan fingerprint density at radius 2 is 1.96 bits per heavy atom. The number of nitrogens with zero attached hydrogens (tertiary/aromatic N) is 2. The van der Waals surface area contributed by atoms with Gasteiger partial charge in [0, 0.05) is 35.0 Å². The number of pyridine rings is 1. The molecule has 26 heavy (non-hydrogen) atoms. The van der Waals surface area contributed by atoms with Crippen molar-refractivity contribution in [3.05, 3.63) is 60.1 Å². The molecule has 0 fully saturated rings. The maximum Gasteiger partial charge on any atom is 0.255 e. The van der Waals surface area contributed by atoms with Crippen molar-refractivity contribution in [3.8, 4) is 17.3 Å². The number of nitrogens with one attached hydrogen (secondary N) is 1. The fraction of sp³-hybridized carbons (Fsp3) is 0.250. The summed E-state index contributed by atoms with van der Waals surface area (Å²) < 4.78 is 11.1. The summed E-state index contributed by atoms with van der Waals surface area (Å²) in [6, 6.07) is 10.6. The van der Waals surface area contributed by atoms with Crippen LogP contribution in [0.25, 0.3) is 11.5 Å². The van der Waals surface area contributed by atoms with Crippen molar-refractivity contribution in [1.82, 2.24) is 9.97 Å². The van der Waals surface area contributed by atoms with Gasteiger partial charge in [0.1, 0.15) is 5.76 Å². The first-order valence-electron chi connectivity index (χ1n) is 8.53. The molecule has 0 bridgehead atoms. The number of carbonyl (C=O) groups excluding carboxylic acids is 1. The molecule has 3 aromatic rings. The summed E-state index contributed by atoms with van der Waals surface area (Å²) in [7, 11) is 0. The van der Waals surface area contributed by atoms with E-state index < -0.39 is 0 Å². The molecule has 0 radical (unpaired) electrons. The van der Waals surface area contributed by atoms with Gasteiger partial charge in [-0.3, -0.25) is 4.79 Å². The number of benzene rings is 1. The van der Waals surface area contributed by atoms with Crippen LogP contribution in [0.2, 0.25) is 0 Å². The summed E-state index contributed by atoms with van der Waals surface area (Å²) in [5.41, 5.74) is 2.03. The third-order valence-electron chi connectivity index (χ3n) is 3.77. The lowest BCUT2D eigenvalue weighted by atomic mass is 10.2. The molecule has 3 rings (SSSR count). The molecule has 1 aromatic carbocycles. The van der Waals surface area contributed by atoms with Crippen LogP contribution >= 0.6 is 0 Å². The van der Waals surface area contributed by atoms with Crippen molar-refractivity contribution in [1.29, 1.82) is 0 Å². The zero-order valence-corrected chi connectivity index (χ0v) is 15.0. The number of carbonyl (C=O) groups is 1. The quantitative estimate of drug-likeness (QED) is 0.707. The van der Waals surface area contributed by atoms with E-state index in [4.69, 9.17) is 9.15 Å². The van der Waals surface area contributed by atoms with Gasteiger partial charge in [-0.1, -0.05) is 13.8 Å². The minimum absolute atomic E-state index is 0.223. The normalized spacial score (nSPS) is 10.8. The highest BCUT2D eigenvalue weighted by Gasteiger charge is 2.11. The van der Waals surface area contributed by atoms with Gasteiger partial charge in [0.15, 0.2) is 0 Å². The second-order valence-electron chi connectivity index (χ2n) is 6.07. The van der Waals surface area contributed by atoms with Crippen molar-refractivity contribution in [2.75, 3.05) is 11.9 Å². The number of hydrogen-bond donors (Lipinski definition) is 1. The lowest BCUT2D eigenvalue weighted by Gasteiger charge is -2.07. The molecule has 1 amide bonds. The van der Waals surface area contributed by atoms with Crippen LogP contribution < -0.4 is 10.1 Å². The van der Waals surface area contributed by atoms with Crippen molar-refractivity contribution in [2.45, 2.75) is 26.7 Å². The molecular formula is C20H21N3O3. The Morgan fingerprint density at radius 1 is 1.19 bits per heavy atom. The minimum Gasteiger partial charge on any atom is -0.478 e. The van der Waals surface area contributed by atoms with E-state index in [0.717, 1.165) is 11.3 Å². The molecule has 1 N–H and O–H groups in total. The standard InChI is InChI=1S/C20H21N3O3/c1-4-25-18-11-15(9-10-21-18)19(24)23-16-7-5-14(6-8-16)20-22-12-17(26-20)13(2)3/h5-13H,4H2,1-3H3,(H,23,24). The third-order valence-corrected chi connectivity index (χ3v) is 3.77. The second kappa shape index (κ2) is 7.82. The smallest absolute Gasteiger partial charge is 0.255 e. The highest BCUT2D eigenvalue weighted by molar-refractivity contribution is 6.04. The first-order valence-corrected chi connectivity index (χ1v) is 8.53. The number of ether oxygens (including phenoxy) is 1. The summed E-state index contributed by atoms with van der Waals surface area (Å²) in [5, 5.41) is 2.86. The van der Waals surface area contributed by atoms with Crippen LogP contribution in [0.15, 0.2) is 53.2 Å². The van der Waals surface area contributed by atoms with E-state index in [9.17, 15) is 4.79 Å². The Hall–Kier alpha value is -3.15. The fourth-order valence-electron chi connectivity index (χ4n) is 2.36. The van der Waals surface area contributed by atoms with Gasteiger partial charge < -0.3 is 14.5 Å². The average Bonchev–Trinajstić information content (AvgIpc) is 3.13. The van der Waals surface area contributed by atoms with E-state index in [1.54, 1.807) is 24.5 Å². The number of aromatic nitrogens is 2. The van der Waals surface area contributed by atoms with Crippen molar-refractivity contribution < 1.29 is 13.9 Å². The Labute approximate surface area is 152 Å². The van der Waals surface area contributed by atoms with Crippen molar-refractivity contribution in [3.63, 3.8) is 0 Å². The van der Waals surface area contributed by atoms with E-state index in [1.165, 1.54) is 0 Å². The van der Waals surface area contributed by atoms with Gasteiger partial charge in [-0.2, -0.15) is 0 Å². The van der Waals surface area contributed by atoms with Gasteiger partial charge in [-0.15, -0.1) is 0 Å². The predicted molar refractivity (Wildman–Crippen MR) is 99.4 cm³/mol. The molecule has 6 nitrogen and oxygen atoms in total. The number of amides is 1. The number of oxazole rings is 1. The number of hydrogen-bond acceptors (Lipinski definition) is 5. The Morgan fingerprint density at radius 3 is 2.62 bits per heavy atom. The molecule has 0 saturated heterocycles. The van der Waals surface area contributed by atoms with Crippen LogP contribution in [-0.2, 0) is 0 Å². The van der Waals surface area contributed by atoms with Crippen LogP contribution in [0, 0.1) is 0 Å². The SMILES string of the molecule is CCOc1cc(C(=O)Nc2ccc(-c3ncc(C(C)C)o3)cc2)ccn1. The predicted octanol–water partition coefficient (Wildman–Crippen LogP) is 4.51. The second-order valence-corrected chi connectivity index (χ2v) is 6.07. The summed E-state index contributed by atoms with van der Waals surface area (Å²) >= 11 is 0. The summed E-state index contributed by atoms with van der Waals surface area (Å²) in [5.74, 6) is 1.92. The zero-order chi connectivity index (χ0) is 18.5. The lowest BCUT2D eigenvalue weighted by molar-refractivity contribution is 0.102. The molecule has 0 spiro atoms. The topological polar surface area (TPSA) is 77.2 Å². The Kier molecular flexibility index (Phi) is 5.31. The molecule has 0 atom stereocenters. The van der Waals surface area contributed by atoms with E-state index >= 15 is 0 Å². The highest BCUT2D eigenvalue weighted by Crippen LogP contribution is 2.24. The van der Waals surface area contributed by atoms with E-state index in [-0.39, 0.29) is 11.8 Å². The Balaban J connectivity index is 1.70. The lowest BCUT2D eigenvalue weighted by Crippen LogP contribution is -2.12. The van der Waals surface area contributed by atoms with E-state index in [0.29, 0.717) is 29.6 Å². The van der Waals surface area contributed by atoms with Gasteiger partial charge in [0.2, 0.25) is 11.8 Å². The van der Waals surface area contributed by atoms with Crippen LogP contribution in [-0.4, -0.2) is 22.5 Å². The molecule has 0 aliphatic rings. The summed E-state index contributed by atoms with van der Waals surface area (Å²) in [4.78, 5) is 20.7. The van der Waals surface area contributed by atoms with Gasteiger partial charge >= 0.3 is 0 Å². The molecule has 0 aliphatic heterocycles. The molecule has 0 saturated carbocycles. The first kappa shape index (κ1) is 17.7. The number of anilines is 1. The molecule has 2 aromatic heterocycles. The van der Waals surface area contributed by atoms with Gasteiger partial charge in [-0.25, -0.2) is 9.97 Å². The van der Waals surface area contributed by atoms with Gasteiger partial charge in [0.05, 0.1) is 12.8 Å². The Bertz CT molecular complexity index is 885. The van der Waals surface area contributed by atoms with Crippen LogP contribution in [0.4, 0.5) is 5.69 Å². The number of rotatable bonds is 6. The highest BCUT2D eigenvalue weighted by atomic mass is 16.5. The average molecular weight is 351 g/mol. The van der Waals surface area contributed by atoms with E-state index in [2.05, 4.69) is 29.1 Å². The minimum atomic E-state index is -0.223. The van der Waals surface area contributed by atoms with Crippen LogP contribution in [0.3, 0.4) is 0 Å². The van der Waals surface area contributed by atoms with Crippen molar-refractivity contribution in [2.24, 2.45) is 0 Å². The summed E-state index contributed by atoms with van der Waals surface area (Å²) in [6.45, 7) is 6.48. The molecular weight excluding hydrogens is 330 g/mol. The fourth-order valence-corrected chi connectivity index (χ4v) is 2.36. The first-order chi connectivity index (χ1) is 12.6. The molecule has 2 heterocycles. The van der Waals surface area contributed by atoms with Crippen LogP contribution in [0.5, 0.6) is 5.88 Å². The molecule has 0 aliphatic carbocycles. The van der Waals surface area contributed by atoms with Crippen LogP contribution in [0.1, 0.15) is 42.8 Å². The largest absolute Gasteiger partial charge is 0.478 e. The summed E-state index contributed by atoms with van der Waals surface area (Å²) in [6.07, 6.45) is 3.30. The van der Waals surface area contributed by atoms with E-state index in [1.807, 2.05) is 31.2 Å². The van der Waals surface area contributed by atoms with Gasteiger partial charge in [0.25, 0.3) is 5.91 Å². The third kappa shape index (κ3) is 4.08. The van der Waals surface area contributed by atoms with Gasteiger partial charge in [-0.05, 0) is 37.3 Å².